The molecule has 1 aromatic rings. The first kappa shape index (κ1) is 12.9. The summed E-state index contributed by atoms with van der Waals surface area (Å²) < 4.78 is 22.6. The number of hydrogen-bond acceptors (Lipinski definition) is 4. The molecular weight excluding hydrogens is 283 g/mol. The van der Waals surface area contributed by atoms with Crippen molar-refractivity contribution in [1.82, 2.24) is 4.98 Å². The van der Waals surface area contributed by atoms with Gasteiger partial charge in [-0.25, -0.2) is 13.4 Å². The first-order valence-corrected chi connectivity index (χ1v) is 7.91. The zero-order valence-corrected chi connectivity index (χ0v) is 11.4. The van der Waals surface area contributed by atoms with Crippen LogP contribution in [-0.4, -0.2) is 38.0 Å². The number of aromatic nitrogens is 1. The molecule has 0 amide bonds. The summed E-state index contributed by atoms with van der Waals surface area (Å²) in [5, 5.41) is 0.536. The highest BCUT2D eigenvalue weighted by Gasteiger charge is 2.22. The van der Waals surface area contributed by atoms with E-state index in [1.807, 2.05) is 11.0 Å². The number of halogens is 2. The van der Waals surface area contributed by atoms with Gasteiger partial charge in [0.05, 0.1) is 16.5 Å². The molecule has 1 aliphatic heterocycles. The Kier molecular flexibility index (Phi) is 3.80. The van der Waals surface area contributed by atoms with Gasteiger partial charge in [-0.2, -0.15) is 0 Å². The van der Waals surface area contributed by atoms with Gasteiger partial charge in [-0.1, -0.05) is 11.6 Å². The fourth-order valence-corrected chi connectivity index (χ4v) is 3.35. The summed E-state index contributed by atoms with van der Waals surface area (Å²) in [6.45, 7) is 0.942. The molecule has 2 rings (SSSR count). The third kappa shape index (κ3) is 3.03. The normalized spacial score (nSPS) is 19.3. The van der Waals surface area contributed by atoms with Gasteiger partial charge < -0.3 is 4.90 Å². The van der Waals surface area contributed by atoms with Crippen LogP contribution < -0.4 is 4.90 Å². The molecule has 0 aromatic carbocycles. The van der Waals surface area contributed by atoms with Crippen molar-refractivity contribution in [2.45, 2.75) is 5.88 Å². The van der Waals surface area contributed by atoms with E-state index in [1.165, 1.54) is 0 Å². The van der Waals surface area contributed by atoms with Crippen molar-refractivity contribution in [3.63, 3.8) is 0 Å². The summed E-state index contributed by atoms with van der Waals surface area (Å²) in [6, 6.07) is 1.81. The molecule has 0 spiro atoms. The maximum absolute atomic E-state index is 11.3. The monoisotopic (exact) mass is 294 g/mol. The van der Waals surface area contributed by atoms with Crippen LogP contribution in [0.2, 0.25) is 5.02 Å². The fraction of sp³-hybridized carbons (Fsp3) is 0.500. The second kappa shape index (κ2) is 5.00. The van der Waals surface area contributed by atoms with Gasteiger partial charge in [-0.3, -0.25) is 0 Å². The van der Waals surface area contributed by atoms with Crippen LogP contribution in [0.4, 0.5) is 5.82 Å². The van der Waals surface area contributed by atoms with E-state index in [9.17, 15) is 8.42 Å². The Bertz CT molecular complexity index is 505. The Morgan fingerprint density at radius 2 is 2.00 bits per heavy atom. The van der Waals surface area contributed by atoms with Crippen LogP contribution in [0.25, 0.3) is 0 Å². The van der Waals surface area contributed by atoms with Gasteiger partial charge in [0.2, 0.25) is 0 Å². The van der Waals surface area contributed by atoms with Crippen molar-refractivity contribution < 1.29 is 8.42 Å². The van der Waals surface area contributed by atoms with Crippen LogP contribution in [0.1, 0.15) is 5.56 Å². The number of alkyl halides is 1. The Labute approximate surface area is 110 Å². The molecule has 0 radical (unpaired) electrons. The fourth-order valence-electron chi connectivity index (χ4n) is 1.68. The Morgan fingerprint density at radius 1 is 1.35 bits per heavy atom. The van der Waals surface area contributed by atoms with Crippen molar-refractivity contribution in [2.24, 2.45) is 0 Å². The highest BCUT2D eigenvalue weighted by molar-refractivity contribution is 7.91. The van der Waals surface area contributed by atoms with Crippen LogP contribution in [-0.2, 0) is 15.7 Å². The number of pyridine rings is 1. The average molecular weight is 295 g/mol. The molecule has 0 aliphatic carbocycles. The molecular formula is C10H12Cl2N2O2S. The van der Waals surface area contributed by atoms with Crippen molar-refractivity contribution in [3.05, 3.63) is 22.8 Å². The zero-order valence-electron chi connectivity index (χ0n) is 9.07. The van der Waals surface area contributed by atoms with Crippen molar-refractivity contribution in [2.75, 3.05) is 29.5 Å². The minimum atomic E-state index is -2.87. The van der Waals surface area contributed by atoms with E-state index in [1.54, 1.807) is 6.20 Å². The first-order valence-electron chi connectivity index (χ1n) is 5.17. The molecule has 0 unspecified atom stereocenters. The molecule has 1 aromatic heterocycles. The van der Waals surface area contributed by atoms with E-state index in [0.717, 1.165) is 11.4 Å². The summed E-state index contributed by atoms with van der Waals surface area (Å²) in [4.78, 5) is 6.14. The van der Waals surface area contributed by atoms with Crippen LogP contribution in [0.5, 0.6) is 0 Å². The molecule has 7 heteroatoms. The predicted molar refractivity (Wildman–Crippen MR) is 69.7 cm³/mol. The smallest absolute Gasteiger partial charge is 0.153 e. The molecule has 0 atom stereocenters. The lowest BCUT2D eigenvalue weighted by Gasteiger charge is -2.28. The van der Waals surface area contributed by atoms with Gasteiger partial charge in [0, 0.05) is 25.2 Å². The second-order valence-corrected chi connectivity index (χ2v) is 6.88. The van der Waals surface area contributed by atoms with Gasteiger partial charge in [0.15, 0.2) is 9.84 Å². The third-order valence-corrected chi connectivity index (χ3v) is 4.97. The molecule has 1 fully saturated rings. The maximum atomic E-state index is 11.3. The topological polar surface area (TPSA) is 50.3 Å². The maximum Gasteiger partial charge on any atom is 0.153 e. The van der Waals surface area contributed by atoms with Crippen molar-refractivity contribution >= 4 is 38.9 Å². The number of anilines is 1. The highest BCUT2D eigenvalue weighted by atomic mass is 35.5. The quantitative estimate of drug-likeness (QED) is 0.779. The molecule has 94 valence electrons. The van der Waals surface area contributed by atoms with Crippen LogP contribution in [0.15, 0.2) is 12.3 Å². The third-order valence-electron chi connectivity index (χ3n) is 2.73. The minimum Gasteiger partial charge on any atom is -0.355 e. The molecule has 4 nitrogen and oxygen atoms in total. The van der Waals surface area contributed by atoms with Crippen molar-refractivity contribution in [3.8, 4) is 0 Å². The van der Waals surface area contributed by atoms with E-state index in [2.05, 4.69) is 4.98 Å². The molecule has 0 saturated carbocycles. The Morgan fingerprint density at radius 3 is 2.59 bits per heavy atom. The average Bonchev–Trinajstić information content (AvgIpc) is 2.30. The summed E-state index contributed by atoms with van der Waals surface area (Å²) in [7, 11) is -2.87. The molecule has 17 heavy (non-hydrogen) atoms. The molecule has 1 aliphatic rings. The van der Waals surface area contributed by atoms with Gasteiger partial charge >= 0.3 is 0 Å². The second-order valence-electron chi connectivity index (χ2n) is 3.91. The summed E-state index contributed by atoms with van der Waals surface area (Å²) in [6.07, 6.45) is 1.55. The number of rotatable bonds is 2. The first-order chi connectivity index (χ1) is 8.02. The van der Waals surface area contributed by atoms with Gasteiger partial charge in [0.1, 0.15) is 5.82 Å². The molecule has 0 N–H and O–H groups in total. The summed E-state index contributed by atoms with van der Waals surface area (Å²) in [5.74, 6) is 1.40. The minimum absolute atomic E-state index is 0.174. The zero-order chi connectivity index (χ0) is 12.5. The lowest BCUT2D eigenvalue weighted by atomic mass is 10.3. The summed E-state index contributed by atoms with van der Waals surface area (Å²) in [5.41, 5.74) is 0.812. The van der Waals surface area contributed by atoms with E-state index < -0.39 is 9.84 Å². The van der Waals surface area contributed by atoms with Gasteiger partial charge in [-0.15, -0.1) is 11.6 Å². The van der Waals surface area contributed by atoms with E-state index in [0.29, 0.717) is 24.0 Å². The lowest BCUT2D eigenvalue weighted by molar-refractivity contribution is 0.586. The predicted octanol–water partition coefficient (Wildman–Crippen LogP) is 1.71. The molecule has 2 heterocycles. The number of nitrogens with zero attached hydrogens (tertiary/aromatic N) is 2. The number of sulfone groups is 1. The van der Waals surface area contributed by atoms with Crippen LogP contribution in [0, 0.1) is 0 Å². The van der Waals surface area contributed by atoms with Crippen molar-refractivity contribution in [1.29, 1.82) is 0 Å². The molecule has 0 bridgehead atoms. The Balaban J connectivity index is 2.19. The Hall–Kier alpha value is -0.520. The largest absolute Gasteiger partial charge is 0.355 e. The highest BCUT2D eigenvalue weighted by Crippen LogP contribution is 2.23. The lowest BCUT2D eigenvalue weighted by Crippen LogP contribution is -2.40. The van der Waals surface area contributed by atoms with Crippen LogP contribution >= 0.6 is 23.2 Å². The standard InChI is InChI=1S/C10H12Cl2N2O2S/c11-6-8-5-10(13-7-9(8)12)14-1-3-17(15,16)4-2-14/h5,7H,1-4,6H2. The van der Waals surface area contributed by atoms with E-state index in [-0.39, 0.29) is 11.5 Å². The van der Waals surface area contributed by atoms with Crippen LogP contribution in [0.3, 0.4) is 0 Å². The van der Waals surface area contributed by atoms with Gasteiger partial charge in [0.25, 0.3) is 0 Å². The number of hydrogen-bond donors (Lipinski definition) is 0. The SMILES string of the molecule is O=S1(=O)CCN(c2cc(CCl)c(Cl)cn2)CC1. The molecule has 1 saturated heterocycles. The summed E-state index contributed by atoms with van der Waals surface area (Å²) >= 11 is 11.7. The van der Waals surface area contributed by atoms with E-state index >= 15 is 0 Å². The van der Waals surface area contributed by atoms with Gasteiger partial charge in [-0.05, 0) is 11.6 Å². The van der Waals surface area contributed by atoms with E-state index in [4.69, 9.17) is 23.2 Å².